The fraction of sp³-hybridized carbons (Fsp3) is 0.385. The molecule has 2 N–H and O–H groups in total. The van der Waals surface area contributed by atoms with Crippen LogP contribution in [-0.4, -0.2) is 19.6 Å². The molecule has 3 nitrogen and oxygen atoms in total. The van der Waals surface area contributed by atoms with Crippen molar-refractivity contribution in [1.82, 2.24) is 10.6 Å². The van der Waals surface area contributed by atoms with E-state index in [1.807, 2.05) is 24.5 Å². The van der Waals surface area contributed by atoms with Crippen LogP contribution in [0.15, 0.2) is 34.9 Å². The van der Waals surface area contributed by atoms with Gasteiger partial charge in [-0.15, -0.1) is 0 Å². The van der Waals surface area contributed by atoms with Gasteiger partial charge in [-0.2, -0.15) is 0 Å². The minimum atomic E-state index is 0.863. The molecule has 1 heterocycles. The van der Waals surface area contributed by atoms with Crippen molar-refractivity contribution in [3.8, 4) is 0 Å². The summed E-state index contributed by atoms with van der Waals surface area (Å²) in [6, 6.07) is 8.13. The average molecular weight is 218 g/mol. The van der Waals surface area contributed by atoms with Gasteiger partial charge < -0.3 is 15.1 Å². The van der Waals surface area contributed by atoms with Crippen LogP contribution in [0.1, 0.15) is 12.5 Å². The first-order valence-electron chi connectivity index (χ1n) is 5.78. The van der Waals surface area contributed by atoms with E-state index in [2.05, 4.69) is 23.6 Å². The molecule has 86 valence electrons. The van der Waals surface area contributed by atoms with Crippen molar-refractivity contribution >= 4 is 11.0 Å². The molecule has 0 bridgehead atoms. The molecule has 2 rings (SSSR count). The Morgan fingerprint density at radius 3 is 2.81 bits per heavy atom. The first-order chi connectivity index (χ1) is 7.92. The first kappa shape index (κ1) is 11.2. The fourth-order valence-corrected chi connectivity index (χ4v) is 1.75. The Labute approximate surface area is 95.8 Å². The Bertz CT molecular complexity index is 436. The van der Waals surface area contributed by atoms with Crippen molar-refractivity contribution in [2.24, 2.45) is 0 Å². The first-order valence-corrected chi connectivity index (χ1v) is 5.78. The SMILES string of the molecule is CCNCCNCc1coc2ccccc12. The molecule has 0 aliphatic carbocycles. The lowest BCUT2D eigenvalue weighted by Crippen LogP contribution is -2.26. The summed E-state index contributed by atoms with van der Waals surface area (Å²) in [4.78, 5) is 0. The molecule has 1 aromatic heterocycles. The van der Waals surface area contributed by atoms with E-state index in [0.29, 0.717) is 0 Å². The maximum absolute atomic E-state index is 5.47. The molecule has 16 heavy (non-hydrogen) atoms. The van der Waals surface area contributed by atoms with Crippen molar-refractivity contribution in [3.63, 3.8) is 0 Å². The van der Waals surface area contributed by atoms with Gasteiger partial charge in [-0.1, -0.05) is 25.1 Å². The average Bonchev–Trinajstić information content (AvgIpc) is 2.73. The number of fused-ring (bicyclic) bond motifs is 1. The zero-order chi connectivity index (χ0) is 11.2. The quantitative estimate of drug-likeness (QED) is 0.729. The highest BCUT2D eigenvalue weighted by atomic mass is 16.3. The summed E-state index contributed by atoms with van der Waals surface area (Å²) in [7, 11) is 0. The fourth-order valence-electron chi connectivity index (χ4n) is 1.75. The largest absolute Gasteiger partial charge is 0.464 e. The molecule has 0 saturated heterocycles. The summed E-state index contributed by atoms with van der Waals surface area (Å²) in [5.41, 5.74) is 2.19. The molecule has 0 atom stereocenters. The number of hydrogen-bond acceptors (Lipinski definition) is 3. The van der Waals surface area contributed by atoms with E-state index in [-0.39, 0.29) is 0 Å². The molecule has 0 amide bonds. The standard InChI is InChI=1S/C13H18N2O/c1-2-14-7-8-15-9-11-10-16-13-6-4-3-5-12(11)13/h3-6,10,14-15H,2,7-9H2,1H3. The van der Waals surface area contributed by atoms with Crippen LogP contribution in [0, 0.1) is 0 Å². The monoisotopic (exact) mass is 218 g/mol. The molecular formula is C13H18N2O. The van der Waals surface area contributed by atoms with E-state index in [9.17, 15) is 0 Å². The summed E-state index contributed by atoms with van der Waals surface area (Å²) in [6.07, 6.45) is 1.84. The third-order valence-electron chi connectivity index (χ3n) is 2.61. The third kappa shape index (κ3) is 2.62. The van der Waals surface area contributed by atoms with Gasteiger partial charge in [-0.25, -0.2) is 0 Å². The van der Waals surface area contributed by atoms with Gasteiger partial charge >= 0.3 is 0 Å². The molecule has 2 aromatic rings. The van der Waals surface area contributed by atoms with Crippen LogP contribution in [0.2, 0.25) is 0 Å². The predicted molar refractivity (Wildman–Crippen MR) is 66.5 cm³/mol. The van der Waals surface area contributed by atoms with Crippen molar-refractivity contribution in [2.45, 2.75) is 13.5 Å². The zero-order valence-corrected chi connectivity index (χ0v) is 9.62. The number of hydrogen-bond donors (Lipinski definition) is 2. The Kier molecular flexibility index (Phi) is 3.97. The Morgan fingerprint density at radius 1 is 1.12 bits per heavy atom. The van der Waals surface area contributed by atoms with E-state index < -0.39 is 0 Å². The van der Waals surface area contributed by atoms with Crippen LogP contribution in [0.5, 0.6) is 0 Å². The number of para-hydroxylation sites is 1. The number of nitrogens with one attached hydrogen (secondary N) is 2. The summed E-state index contributed by atoms with van der Waals surface area (Å²) >= 11 is 0. The van der Waals surface area contributed by atoms with Gasteiger partial charge in [0.1, 0.15) is 5.58 Å². The van der Waals surface area contributed by atoms with Gasteiger partial charge in [-0.3, -0.25) is 0 Å². The Morgan fingerprint density at radius 2 is 1.94 bits per heavy atom. The predicted octanol–water partition coefficient (Wildman–Crippen LogP) is 2.13. The van der Waals surface area contributed by atoms with Crippen LogP contribution < -0.4 is 10.6 Å². The van der Waals surface area contributed by atoms with Gasteiger partial charge in [0.05, 0.1) is 6.26 Å². The van der Waals surface area contributed by atoms with Crippen LogP contribution in [0.4, 0.5) is 0 Å². The third-order valence-corrected chi connectivity index (χ3v) is 2.61. The zero-order valence-electron chi connectivity index (χ0n) is 9.62. The molecule has 0 unspecified atom stereocenters. The minimum Gasteiger partial charge on any atom is -0.464 e. The topological polar surface area (TPSA) is 37.2 Å². The smallest absolute Gasteiger partial charge is 0.134 e. The second-order valence-corrected chi connectivity index (χ2v) is 3.79. The molecule has 0 saturated carbocycles. The molecular weight excluding hydrogens is 200 g/mol. The Balaban J connectivity index is 1.89. The van der Waals surface area contributed by atoms with Crippen LogP contribution in [-0.2, 0) is 6.54 Å². The number of furan rings is 1. The maximum Gasteiger partial charge on any atom is 0.134 e. The number of benzene rings is 1. The van der Waals surface area contributed by atoms with Gasteiger partial charge in [0.2, 0.25) is 0 Å². The summed E-state index contributed by atoms with van der Waals surface area (Å²) in [5, 5.41) is 7.88. The molecule has 3 heteroatoms. The van der Waals surface area contributed by atoms with Crippen molar-refractivity contribution < 1.29 is 4.42 Å². The lowest BCUT2D eigenvalue weighted by Gasteiger charge is -2.03. The number of likely N-dealkylation sites (N-methyl/N-ethyl adjacent to an activating group) is 1. The van der Waals surface area contributed by atoms with Crippen LogP contribution >= 0.6 is 0 Å². The highest BCUT2D eigenvalue weighted by Crippen LogP contribution is 2.20. The molecule has 0 spiro atoms. The second kappa shape index (κ2) is 5.68. The molecule has 0 aliphatic heterocycles. The molecule has 0 aliphatic rings. The lowest BCUT2D eigenvalue weighted by molar-refractivity contribution is 0.594. The minimum absolute atomic E-state index is 0.863. The summed E-state index contributed by atoms with van der Waals surface area (Å²) in [6.45, 7) is 5.99. The maximum atomic E-state index is 5.47. The van der Waals surface area contributed by atoms with Gasteiger partial charge in [0, 0.05) is 30.6 Å². The van der Waals surface area contributed by atoms with Crippen LogP contribution in [0.25, 0.3) is 11.0 Å². The van der Waals surface area contributed by atoms with E-state index in [4.69, 9.17) is 4.42 Å². The van der Waals surface area contributed by atoms with Gasteiger partial charge in [0.15, 0.2) is 0 Å². The van der Waals surface area contributed by atoms with E-state index in [1.165, 1.54) is 10.9 Å². The summed E-state index contributed by atoms with van der Waals surface area (Å²) in [5.74, 6) is 0. The molecule has 0 radical (unpaired) electrons. The highest BCUT2D eigenvalue weighted by Gasteiger charge is 2.03. The van der Waals surface area contributed by atoms with E-state index in [1.54, 1.807) is 0 Å². The molecule has 0 fully saturated rings. The second-order valence-electron chi connectivity index (χ2n) is 3.79. The van der Waals surface area contributed by atoms with Gasteiger partial charge in [0.25, 0.3) is 0 Å². The van der Waals surface area contributed by atoms with Crippen molar-refractivity contribution in [1.29, 1.82) is 0 Å². The summed E-state index contributed by atoms with van der Waals surface area (Å²) < 4.78 is 5.47. The Hall–Kier alpha value is -1.32. The van der Waals surface area contributed by atoms with E-state index >= 15 is 0 Å². The van der Waals surface area contributed by atoms with Crippen LogP contribution in [0.3, 0.4) is 0 Å². The highest BCUT2D eigenvalue weighted by molar-refractivity contribution is 5.80. The van der Waals surface area contributed by atoms with Crippen molar-refractivity contribution in [2.75, 3.05) is 19.6 Å². The van der Waals surface area contributed by atoms with E-state index in [0.717, 1.165) is 31.8 Å². The number of rotatable bonds is 6. The molecule has 1 aromatic carbocycles. The van der Waals surface area contributed by atoms with Crippen molar-refractivity contribution in [3.05, 3.63) is 36.1 Å². The lowest BCUT2D eigenvalue weighted by atomic mass is 10.2. The normalized spacial score (nSPS) is 11.1. The van der Waals surface area contributed by atoms with Gasteiger partial charge in [-0.05, 0) is 12.6 Å².